The summed E-state index contributed by atoms with van der Waals surface area (Å²) in [7, 11) is 1.91. The van der Waals surface area contributed by atoms with Gasteiger partial charge in [-0.15, -0.1) is 0 Å². The van der Waals surface area contributed by atoms with E-state index in [0.29, 0.717) is 11.5 Å². The fourth-order valence-corrected chi connectivity index (χ4v) is 5.24. The Morgan fingerprint density at radius 3 is 2.74 bits per heavy atom. The predicted molar refractivity (Wildman–Crippen MR) is 137 cm³/mol. The molecule has 1 aliphatic heterocycles. The summed E-state index contributed by atoms with van der Waals surface area (Å²) >= 11 is 0. The largest absolute Gasteiger partial charge is 0.346 e. The van der Waals surface area contributed by atoms with E-state index >= 15 is 4.39 Å². The summed E-state index contributed by atoms with van der Waals surface area (Å²) in [5.41, 5.74) is 5.14. The Labute approximate surface area is 202 Å². The standard InChI is InChI=1S/C28H25FN6/c1-30-21-4-5-22(24(29)14-21)27-23-9-12-35(17-18-7-10-31-11-8-18)26(23)16-32-28(27)19-3-6-25-20(13-19)15-33-34(25)2/h3-6,9,12-16,18,31H,7-8,10-11,17H2,2H3. The minimum atomic E-state index is -0.414. The Morgan fingerprint density at radius 2 is 1.94 bits per heavy atom. The molecular weight excluding hydrogens is 439 g/mol. The van der Waals surface area contributed by atoms with Gasteiger partial charge in [0.15, 0.2) is 5.69 Å². The molecule has 6 nitrogen and oxygen atoms in total. The number of aryl methyl sites for hydroxylation is 1. The van der Waals surface area contributed by atoms with Crippen molar-refractivity contribution in [2.24, 2.45) is 13.0 Å². The molecule has 35 heavy (non-hydrogen) atoms. The SMILES string of the molecule is [C-]#[N+]c1ccc(-c2c(-c3ccc4c(cnn4C)c3)ncc3c2ccn3CC2CCNCC2)c(F)c1. The zero-order valence-electron chi connectivity index (χ0n) is 19.5. The van der Waals surface area contributed by atoms with Gasteiger partial charge in [-0.3, -0.25) is 9.67 Å². The number of hydrogen-bond acceptors (Lipinski definition) is 3. The Balaban J connectivity index is 1.55. The molecule has 0 aliphatic carbocycles. The molecule has 1 saturated heterocycles. The Morgan fingerprint density at radius 1 is 1.09 bits per heavy atom. The molecule has 1 aliphatic rings. The zero-order valence-corrected chi connectivity index (χ0v) is 19.5. The highest BCUT2D eigenvalue weighted by Crippen LogP contribution is 2.40. The van der Waals surface area contributed by atoms with Crippen LogP contribution in [0.1, 0.15) is 12.8 Å². The number of piperidine rings is 1. The van der Waals surface area contributed by atoms with Gasteiger partial charge in [-0.25, -0.2) is 9.24 Å². The molecule has 5 aromatic rings. The Hall–Kier alpha value is -4.02. The first kappa shape index (κ1) is 21.5. The summed E-state index contributed by atoms with van der Waals surface area (Å²) in [4.78, 5) is 8.28. The third kappa shape index (κ3) is 3.76. The topological polar surface area (TPSA) is 52.0 Å². The number of fused-ring (bicyclic) bond motifs is 2. The van der Waals surface area contributed by atoms with E-state index in [1.807, 2.05) is 36.3 Å². The first-order valence-electron chi connectivity index (χ1n) is 11.9. The van der Waals surface area contributed by atoms with Crippen molar-refractivity contribution in [1.82, 2.24) is 24.6 Å². The number of nitrogens with one attached hydrogen (secondary N) is 1. The molecule has 6 rings (SSSR count). The van der Waals surface area contributed by atoms with Gasteiger partial charge in [-0.05, 0) is 56.1 Å². The van der Waals surface area contributed by atoms with Crippen LogP contribution in [0.4, 0.5) is 10.1 Å². The van der Waals surface area contributed by atoms with Crippen molar-refractivity contribution in [3.8, 4) is 22.4 Å². The molecule has 0 radical (unpaired) electrons. The van der Waals surface area contributed by atoms with Crippen LogP contribution in [0.25, 0.3) is 49.0 Å². The maximum absolute atomic E-state index is 15.4. The lowest BCUT2D eigenvalue weighted by molar-refractivity contribution is 0.337. The summed E-state index contributed by atoms with van der Waals surface area (Å²) in [6.07, 6.45) is 8.13. The van der Waals surface area contributed by atoms with Crippen LogP contribution >= 0.6 is 0 Å². The van der Waals surface area contributed by atoms with Crippen LogP contribution in [0, 0.1) is 18.3 Å². The van der Waals surface area contributed by atoms with Crippen molar-refractivity contribution >= 4 is 27.5 Å². The number of halogens is 1. The molecule has 3 aromatic heterocycles. The second kappa shape index (κ2) is 8.64. The van der Waals surface area contributed by atoms with Gasteiger partial charge in [0.05, 0.1) is 35.7 Å². The van der Waals surface area contributed by atoms with E-state index < -0.39 is 5.82 Å². The van der Waals surface area contributed by atoms with E-state index in [0.717, 1.165) is 71.1 Å². The van der Waals surface area contributed by atoms with Crippen LogP contribution < -0.4 is 5.32 Å². The van der Waals surface area contributed by atoms with Crippen molar-refractivity contribution < 1.29 is 4.39 Å². The van der Waals surface area contributed by atoms with Crippen molar-refractivity contribution in [2.45, 2.75) is 19.4 Å². The van der Waals surface area contributed by atoms with E-state index in [1.54, 1.807) is 12.1 Å². The monoisotopic (exact) mass is 464 g/mol. The lowest BCUT2D eigenvalue weighted by Crippen LogP contribution is -2.29. The number of benzene rings is 2. The van der Waals surface area contributed by atoms with Gasteiger partial charge in [-0.2, -0.15) is 5.10 Å². The summed E-state index contributed by atoms with van der Waals surface area (Å²) in [6, 6.07) is 12.8. The van der Waals surface area contributed by atoms with Gasteiger partial charge < -0.3 is 9.88 Å². The molecule has 0 amide bonds. The molecule has 0 bridgehead atoms. The molecule has 4 heterocycles. The van der Waals surface area contributed by atoms with Gasteiger partial charge in [0.1, 0.15) is 5.82 Å². The number of aromatic nitrogens is 4. The number of nitrogens with zero attached hydrogens (tertiary/aromatic N) is 5. The fourth-order valence-electron chi connectivity index (χ4n) is 5.24. The summed E-state index contributed by atoms with van der Waals surface area (Å²) in [5.74, 6) is 0.195. The first-order valence-corrected chi connectivity index (χ1v) is 11.9. The second-order valence-corrected chi connectivity index (χ2v) is 9.26. The van der Waals surface area contributed by atoms with E-state index in [-0.39, 0.29) is 5.69 Å². The number of pyridine rings is 1. The molecule has 174 valence electrons. The maximum atomic E-state index is 15.4. The average Bonchev–Trinajstić information content (AvgIpc) is 3.47. The van der Waals surface area contributed by atoms with Gasteiger partial charge in [0.2, 0.25) is 0 Å². The third-order valence-corrected chi connectivity index (χ3v) is 7.11. The summed E-state index contributed by atoms with van der Waals surface area (Å²) < 4.78 is 19.5. The highest BCUT2D eigenvalue weighted by molar-refractivity contribution is 6.02. The highest BCUT2D eigenvalue weighted by Gasteiger charge is 2.21. The number of hydrogen-bond donors (Lipinski definition) is 1. The van der Waals surface area contributed by atoms with Crippen LogP contribution in [0.2, 0.25) is 0 Å². The van der Waals surface area contributed by atoms with Crippen molar-refractivity contribution in [3.63, 3.8) is 0 Å². The van der Waals surface area contributed by atoms with Crippen LogP contribution in [-0.4, -0.2) is 32.4 Å². The Kier molecular flexibility index (Phi) is 5.31. The molecule has 1 N–H and O–H groups in total. The van der Waals surface area contributed by atoms with Gasteiger partial charge in [-0.1, -0.05) is 18.2 Å². The van der Waals surface area contributed by atoms with Gasteiger partial charge in [0.25, 0.3) is 0 Å². The minimum absolute atomic E-state index is 0.285. The minimum Gasteiger partial charge on any atom is -0.346 e. The van der Waals surface area contributed by atoms with Crippen molar-refractivity contribution in [2.75, 3.05) is 13.1 Å². The van der Waals surface area contributed by atoms with Crippen LogP contribution in [0.5, 0.6) is 0 Å². The zero-order chi connectivity index (χ0) is 23.9. The van der Waals surface area contributed by atoms with Crippen LogP contribution in [0.3, 0.4) is 0 Å². The molecule has 7 heteroatoms. The van der Waals surface area contributed by atoms with Gasteiger partial charge in [0, 0.05) is 47.3 Å². The molecule has 0 saturated carbocycles. The van der Waals surface area contributed by atoms with Crippen molar-refractivity contribution in [1.29, 1.82) is 0 Å². The Bertz CT molecular complexity index is 1600. The first-order chi connectivity index (χ1) is 17.1. The van der Waals surface area contributed by atoms with E-state index in [9.17, 15) is 0 Å². The van der Waals surface area contributed by atoms with Crippen LogP contribution in [-0.2, 0) is 13.6 Å². The van der Waals surface area contributed by atoms with Crippen molar-refractivity contribution in [3.05, 3.63) is 78.3 Å². The lowest BCUT2D eigenvalue weighted by atomic mass is 9.95. The summed E-state index contributed by atoms with van der Waals surface area (Å²) in [6.45, 7) is 10.3. The molecule has 0 spiro atoms. The molecular formula is C28H25FN6. The second-order valence-electron chi connectivity index (χ2n) is 9.26. The molecule has 0 atom stereocenters. The van der Waals surface area contributed by atoms with Gasteiger partial charge >= 0.3 is 0 Å². The summed E-state index contributed by atoms with van der Waals surface area (Å²) in [5, 5.41) is 9.75. The quantitative estimate of drug-likeness (QED) is 0.335. The normalized spacial score (nSPS) is 14.5. The van der Waals surface area contributed by atoms with E-state index in [2.05, 4.69) is 38.2 Å². The smallest absolute Gasteiger partial charge is 0.190 e. The fraction of sp³-hybridized carbons (Fsp3) is 0.250. The molecule has 0 unspecified atom stereocenters. The van der Waals surface area contributed by atoms with E-state index in [4.69, 9.17) is 11.6 Å². The third-order valence-electron chi connectivity index (χ3n) is 7.11. The molecule has 2 aromatic carbocycles. The van der Waals surface area contributed by atoms with Crippen LogP contribution in [0.15, 0.2) is 61.1 Å². The number of rotatable bonds is 4. The average molecular weight is 465 g/mol. The maximum Gasteiger partial charge on any atom is 0.190 e. The van der Waals surface area contributed by atoms with E-state index in [1.165, 1.54) is 6.07 Å². The predicted octanol–water partition coefficient (Wildman–Crippen LogP) is 5.95. The highest BCUT2D eigenvalue weighted by atomic mass is 19.1. The lowest BCUT2D eigenvalue weighted by Gasteiger charge is -2.23. The molecule has 1 fully saturated rings.